The molecule has 1 aromatic carbocycles. The number of hydrogen-bond acceptors (Lipinski definition) is 4. The Hall–Kier alpha value is -2.14. The van der Waals surface area contributed by atoms with Gasteiger partial charge in [0.2, 0.25) is 0 Å². The highest BCUT2D eigenvalue weighted by Gasteiger charge is 2.15. The van der Waals surface area contributed by atoms with E-state index in [-0.39, 0.29) is 12.3 Å². The van der Waals surface area contributed by atoms with Crippen LogP contribution in [-0.2, 0) is 6.61 Å². The van der Waals surface area contributed by atoms with E-state index in [1.807, 2.05) is 0 Å². The second-order valence-electron chi connectivity index (χ2n) is 4.13. The fourth-order valence-corrected chi connectivity index (χ4v) is 1.87. The number of nitrogens with zero attached hydrogens (tertiary/aromatic N) is 1. The molecule has 0 unspecified atom stereocenters. The molecule has 0 saturated carbocycles. The maximum atomic E-state index is 10.8. The Bertz CT molecular complexity index is 601. The summed E-state index contributed by atoms with van der Waals surface area (Å²) in [5, 5.41) is 19.8. The molecule has 0 aliphatic carbocycles. The lowest BCUT2D eigenvalue weighted by Crippen LogP contribution is -1.94. The van der Waals surface area contributed by atoms with Crippen LogP contribution in [0.2, 0.25) is 0 Å². The molecular weight excluding hydrogens is 234 g/mol. The molecule has 0 bridgehead atoms. The summed E-state index contributed by atoms with van der Waals surface area (Å²) in [6, 6.07) is 6.70. The maximum absolute atomic E-state index is 10.8. The fourth-order valence-electron chi connectivity index (χ4n) is 1.87. The van der Waals surface area contributed by atoms with E-state index < -0.39 is 4.92 Å². The first-order valence-corrected chi connectivity index (χ1v) is 5.48. The van der Waals surface area contributed by atoms with Crippen molar-refractivity contribution in [1.82, 2.24) is 0 Å². The molecule has 0 aliphatic heterocycles. The number of aliphatic hydroxyl groups excluding tert-OH is 1. The van der Waals surface area contributed by atoms with Gasteiger partial charge in [-0.05, 0) is 37.6 Å². The predicted octanol–water partition coefficient (Wildman–Crippen LogP) is 2.96. The highest BCUT2D eigenvalue weighted by Crippen LogP contribution is 2.31. The van der Waals surface area contributed by atoms with Gasteiger partial charge in [0.15, 0.2) is 0 Å². The van der Waals surface area contributed by atoms with E-state index in [0.717, 1.165) is 11.1 Å². The summed E-state index contributed by atoms with van der Waals surface area (Å²) in [6.45, 7) is 3.32. The van der Waals surface area contributed by atoms with Crippen LogP contribution in [0.4, 0.5) is 5.69 Å². The molecule has 0 fully saturated rings. The van der Waals surface area contributed by atoms with Gasteiger partial charge in [-0.3, -0.25) is 10.1 Å². The van der Waals surface area contributed by atoms with Gasteiger partial charge >= 0.3 is 0 Å². The summed E-state index contributed by atoms with van der Waals surface area (Å²) in [5.74, 6) is 1.08. The minimum atomic E-state index is -0.395. The first kappa shape index (κ1) is 12.3. The van der Waals surface area contributed by atoms with Crippen LogP contribution in [0.25, 0.3) is 11.3 Å². The second-order valence-corrected chi connectivity index (χ2v) is 4.13. The third-order valence-corrected chi connectivity index (χ3v) is 2.82. The number of aliphatic hydroxyl groups is 1. The summed E-state index contributed by atoms with van der Waals surface area (Å²) >= 11 is 0. The zero-order chi connectivity index (χ0) is 13.3. The van der Waals surface area contributed by atoms with Crippen molar-refractivity contribution < 1.29 is 14.4 Å². The standard InChI is InChI=1S/C13H13NO4/c1-8-6-12(14(16)17)9(2)5-11(8)13-4-3-10(7-15)18-13/h3-6,15H,7H2,1-2H3. The first-order valence-electron chi connectivity index (χ1n) is 5.48. The summed E-state index contributed by atoms with van der Waals surface area (Å²) in [6.07, 6.45) is 0. The third kappa shape index (κ3) is 2.12. The number of hydrogen-bond donors (Lipinski definition) is 1. The van der Waals surface area contributed by atoms with Gasteiger partial charge in [0, 0.05) is 17.2 Å². The average Bonchev–Trinajstić information content (AvgIpc) is 2.79. The fraction of sp³-hybridized carbons (Fsp3) is 0.231. The van der Waals surface area contributed by atoms with Crippen LogP contribution in [-0.4, -0.2) is 10.0 Å². The minimum Gasteiger partial charge on any atom is -0.459 e. The lowest BCUT2D eigenvalue weighted by atomic mass is 10.0. The maximum Gasteiger partial charge on any atom is 0.272 e. The Kier molecular flexibility index (Phi) is 3.16. The average molecular weight is 247 g/mol. The summed E-state index contributed by atoms with van der Waals surface area (Å²) in [7, 11) is 0. The lowest BCUT2D eigenvalue weighted by Gasteiger charge is -2.05. The number of aryl methyl sites for hydroxylation is 2. The third-order valence-electron chi connectivity index (χ3n) is 2.82. The van der Waals surface area contributed by atoms with Gasteiger partial charge in [-0.1, -0.05) is 0 Å². The molecule has 18 heavy (non-hydrogen) atoms. The molecule has 0 aliphatic rings. The molecule has 1 heterocycles. The van der Waals surface area contributed by atoms with Crippen molar-refractivity contribution >= 4 is 5.69 Å². The Morgan fingerprint density at radius 3 is 2.56 bits per heavy atom. The molecule has 94 valence electrons. The molecule has 0 radical (unpaired) electrons. The van der Waals surface area contributed by atoms with E-state index >= 15 is 0 Å². The Labute approximate surface area is 104 Å². The van der Waals surface area contributed by atoms with Crippen molar-refractivity contribution in [2.24, 2.45) is 0 Å². The molecule has 2 rings (SSSR count). The number of furan rings is 1. The Morgan fingerprint density at radius 2 is 2.00 bits per heavy atom. The minimum absolute atomic E-state index is 0.102. The number of nitro groups is 1. The highest BCUT2D eigenvalue weighted by atomic mass is 16.6. The van der Waals surface area contributed by atoms with Crippen LogP contribution in [0.3, 0.4) is 0 Å². The van der Waals surface area contributed by atoms with Gasteiger partial charge in [0.05, 0.1) is 4.92 Å². The van der Waals surface area contributed by atoms with Crippen molar-refractivity contribution in [3.05, 3.63) is 51.3 Å². The second kappa shape index (κ2) is 4.62. The van der Waals surface area contributed by atoms with Crippen molar-refractivity contribution in [3.63, 3.8) is 0 Å². The molecule has 5 heteroatoms. The Balaban J connectivity index is 2.52. The topological polar surface area (TPSA) is 76.5 Å². The van der Waals surface area contributed by atoms with Crippen LogP contribution in [0.5, 0.6) is 0 Å². The molecule has 2 aromatic rings. The summed E-state index contributed by atoms with van der Waals surface area (Å²) in [5.41, 5.74) is 2.26. The molecule has 0 saturated heterocycles. The van der Waals surface area contributed by atoms with E-state index in [2.05, 4.69) is 0 Å². The monoisotopic (exact) mass is 247 g/mol. The van der Waals surface area contributed by atoms with Crippen LogP contribution in [0, 0.1) is 24.0 Å². The Morgan fingerprint density at radius 1 is 1.28 bits per heavy atom. The summed E-state index contributed by atoms with van der Waals surface area (Å²) < 4.78 is 5.44. The van der Waals surface area contributed by atoms with Crippen molar-refractivity contribution in [1.29, 1.82) is 0 Å². The van der Waals surface area contributed by atoms with Gasteiger partial charge in [-0.2, -0.15) is 0 Å². The zero-order valence-corrected chi connectivity index (χ0v) is 10.1. The van der Waals surface area contributed by atoms with E-state index in [1.54, 1.807) is 32.0 Å². The van der Waals surface area contributed by atoms with Crippen molar-refractivity contribution in [3.8, 4) is 11.3 Å². The quantitative estimate of drug-likeness (QED) is 0.668. The normalized spacial score (nSPS) is 10.6. The van der Waals surface area contributed by atoms with Crippen LogP contribution >= 0.6 is 0 Å². The molecule has 0 atom stereocenters. The van der Waals surface area contributed by atoms with E-state index in [0.29, 0.717) is 17.1 Å². The van der Waals surface area contributed by atoms with Gasteiger partial charge in [0.1, 0.15) is 18.1 Å². The largest absolute Gasteiger partial charge is 0.459 e. The molecule has 1 N–H and O–H groups in total. The van der Waals surface area contributed by atoms with Gasteiger partial charge in [-0.25, -0.2) is 0 Å². The summed E-state index contributed by atoms with van der Waals surface area (Å²) in [4.78, 5) is 10.4. The van der Waals surface area contributed by atoms with Gasteiger partial charge in [0.25, 0.3) is 5.69 Å². The lowest BCUT2D eigenvalue weighted by molar-refractivity contribution is -0.385. The number of rotatable bonds is 3. The predicted molar refractivity (Wildman–Crippen MR) is 66.2 cm³/mol. The number of nitro benzene ring substituents is 1. The van der Waals surface area contributed by atoms with E-state index in [4.69, 9.17) is 9.52 Å². The smallest absolute Gasteiger partial charge is 0.272 e. The highest BCUT2D eigenvalue weighted by molar-refractivity contribution is 5.66. The molecule has 5 nitrogen and oxygen atoms in total. The SMILES string of the molecule is Cc1cc([N+](=O)[O-])c(C)cc1-c1ccc(CO)o1. The van der Waals surface area contributed by atoms with E-state index in [1.165, 1.54) is 6.07 Å². The van der Waals surface area contributed by atoms with Crippen LogP contribution < -0.4 is 0 Å². The molecule has 0 spiro atoms. The van der Waals surface area contributed by atoms with Crippen molar-refractivity contribution in [2.45, 2.75) is 20.5 Å². The number of benzene rings is 1. The van der Waals surface area contributed by atoms with Crippen LogP contribution in [0.15, 0.2) is 28.7 Å². The molecular formula is C13H13NO4. The first-order chi connectivity index (χ1) is 8.52. The molecule has 0 amide bonds. The molecule has 1 aromatic heterocycles. The van der Waals surface area contributed by atoms with Crippen LogP contribution in [0.1, 0.15) is 16.9 Å². The van der Waals surface area contributed by atoms with Gasteiger partial charge in [-0.15, -0.1) is 0 Å². The zero-order valence-electron chi connectivity index (χ0n) is 10.1. The van der Waals surface area contributed by atoms with Gasteiger partial charge < -0.3 is 9.52 Å². The van der Waals surface area contributed by atoms with E-state index in [9.17, 15) is 10.1 Å². The van der Waals surface area contributed by atoms with Crippen molar-refractivity contribution in [2.75, 3.05) is 0 Å².